The predicted octanol–water partition coefficient (Wildman–Crippen LogP) is 2.45. The highest BCUT2D eigenvalue weighted by Crippen LogP contribution is 2.07. The van der Waals surface area contributed by atoms with Gasteiger partial charge in [0, 0.05) is 22.1 Å². The first-order valence-corrected chi connectivity index (χ1v) is 4.68. The fourth-order valence-corrected chi connectivity index (χ4v) is 1.39. The van der Waals surface area contributed by atoms with Crippen molar-refractivity contribution in [2.45, 2.75) is 13.8 Å². The summed E-state index contributed by atoms with van der Waals surface area (Å²) in [5.74, 6) is 0. The standard InChI is InChI=1S/C13H13NO/c1-10-3-6-12(7-4-10)14-9-11(2)5-8-13(14)15/h3-9H,1-2H3/i2D3. The highest BCUT2D eigenvalue weighted by atomic mass is 16.1. The van der Waals surface area contributed by atoms with Crippen LogP contribution in [0.1, 0.15) is 15.2 Å². The molecule has 0 saturated heterocycles. The Hall–Kier alpha value is -1.83. The summed E-state index contributed by atoms with van der Waals surface area (Å²) < 4.78 is 23.4. The van der Waals surface area contributed by atoms with Crippen LogP contribution in [0.2, 0.25) is 0 Å². The summed E-state index contributed by atoms with van der Waals surface area (Å²) in [6.45, 7) is -0.258. The highest BCUT2D eigenvalue weighted by molar-refractivity contribution is 5.35. The van der Waals surface area contributed by atoms with E-state index in [0.717, 1.165) is 5.56 Å². The van der Waals surface area contributed by atoms with Crippen molar-refractivity contribution in [1.82, 2.24) is 4.57 Å². The van der Waals surface area contributed by atoms with Crippen LogP contribution in [0.5, 0.6) is 0 Å². The smallest absolute Gasteiger partial charge is 0.255 e. The van der Waals surface area contributed by atoms with Gasteiger partial charge >= 0.3 is 0 Å². The topological polar surface area (TPSA) is 22.0 Å². The maximum atomic E-state index is 11.8. The molecular formula is C13H13NO. The molecule has 2 rings (SSSR count). The predicted molar refractivity (Wildman–Crippen MR) is 61.5 cm³/mol. The number of hydrogen-bond acceptors (Lipinski definition) is 1. The normalized spacial score (nSPS) is 14.1. The quantitative estimate of drug-likeness (QED) is 0.696. The van der Waals surface area contributed by atoms with Crippen molar-refractivity contribution < 1.29 is 4.11 Å². The van der Waals surface area contributed by atoms with Gasteiger partial charge < -0.3 is 0 Å². The van der Waals surface area contributed by atoms with E-state index in [1.165, 1.54) is 22.9 Å². The van der Waals surface area contributed by atoms with Crippen LogP contribution in [-0.4, -0.2) is 4.57 Å². The molecule has 0 unspecified atom stereocenters. The summed E-state index contributed by atoms with van der Waals surface area (Å²) in [5, 5.41) is 0. The Kier molecular flexibility index (Phi) is 1.65. The molecule has 0 bridgehead atoms. The molecule has 2 heteroatoms. The van der Waals surface area contributed by atoms with Gasteiger partial charge in [-0.15, -0.1) is 0 Å². The molecule has 0 aliphatic rings. The van der Waals surface area contributed by atoms with Crippen molar-refractivity contribution >= 4 is 0 Å². The zero-order valence-corrected chi connectivity index (χ0v) is 8.40. The maximum absolute atomic E-state index is 11.8. The molecule has 0 spiro atoms. The Bertz CT molecular complexity index is 611. The van der Waals surface area contributed by atoms with E-state index in [2.05, 4.69) is 0 Å². The lowest BCUT2D eigenvalue weighted by atomic mass is 10.2. The lowest BCUT2D eigenvalue weighted by molar-refractivity contribution is 0.975. The van der Waals surface area contributed by atoms with Crippen LogP contribution in [0.15, 0.2) is 47.4 Å². The van der Waals surface area contributed by atoms with Gasteiger partial charge in [0.1, 0.15) is 0 Å². The first kappa shape index (κ1) is 6.62. The number of nitrogens with zero attached hydrogens (tertiary/aromatic N) is 1. The third-order valence-corrected chi connectivity index (χ3v) is 2.22. The Morgan fingerprint density at radius 2 is 1.73 bits per heavy atom. The monoisotopic (exact) mass is 202 g/mol. The lowest BCUT2D eigenvalue weighted by Gasteiger charge is -2.06. The van der Waals surface area contributed by atoms with Crippen LogP contribution in [-0.2, 0) is 0 Å². The fraction of sp³-hybridized carbons (Fsp3) is 0.154. The lowest BCUT2D eigenvalue weighted by Crippen LogP contribution is -2.16. The third-order valence-electron chi connectivity index (χ3n) is 2.22. The van der Waals surface area contributed by atoms with Crippen LogP contribution in [0, 0.1) is 13.8 Å². The van der Waals surface area contributed by atoms with Gasteiger partial charge in [0.15, 0.2) is 0 Å². The van der Waals surface area contributed by atoms with Crippen LogP contribution in [0.3, 0.4) is 0 Å². The molecule has 1 aromatic carbocycles. The number of benzene rings is 1. The number of aromatic nitrogens is 1. The maximum Gasteiger partial charge on any atom is 0.255 e. The average molecular weight is 202 g/mol. The van der Waals surface area contributed by atoms with Crippen molar-refractivity contribution in [2.24, 2.45) is 0 Å². The number of hydrogen-bond donors (Lipinski definition) is 0. The molecule has 0 N–H and O–H groups in total. The van der Waals surface area contributed by atoms with Gasteiger partial charge in [-0.25, -0.2) is 0 Å². The zero-order chi connectivity index (χ0) is 13.3. The summed E-state index contributed by atoms with van der Waals surface area (Å²) in [4.78, 5) is 11.8. The molecule has 0 atom stereocenters. The summed E-state index contributed by atoms with van der Waals surface area (Å²) >= 11 is 0. The van der Waals surface area contributed by atoms with E-state index in [-0.39, 0.29) is 11.1 Å². The molecule has 2 nitrogen and oxygen atoms in total. The van der Waals surface area contributed by atoms with Crippen molar-refractivity contribution in [3.63, 3.8) is 0 Å². The van der Waals surface area contributed by atoms with Crippen LogP contribution >= 0.6 is 0 Å². The molecule has 15 heavy (non-hydrogen) atoms. The molecule has 0 saturated carbocycles. The fourth-order valence-electron chi connectivity index (χ4n) is 1.39. The molecular weight excluding hydrogens is 186 g/mol. The zero-order valence-electron chi connectivity index (χ0n) is 11.4. The van der Waals surface area contributed by atoms with Gasteiger partial charge in [-0.05, 0) is 31.5 Å². The minimum Gasteiger partial charge on any atom is -0.284 e. The first-order chi connectivity index (χ1) is 8.38. The molecule has 0 aliphatic heterocycles. The van der Waals surface area contributed by atoms with Crippen molar-refractivity contribution in [3.8, 4) is 5.69 Å². The average Bonchev–Trinajstić information content (AvgIpc) is 2.29. The second-order valence-electron chi connectivity index (χ2n) is 3.46. The largest absolute Gasteiger partial charge is 0.284 e. The van der Waals surface area contributed by atoms with E-state index in [0.29, 0.717) is 5.69 Å². The van der Waals surface area contributed by atoms with Gasteiger partial charge in [0.25, 0.3) is 5.56 Å². The van der Waals surface area contributed by atoms with E-state index in [4.69, 9.17) is 4.11 Å². The first-order valence-electron chi connectivity index (χ1n) is 6.18. The Balaban J connectivity index is 2.57. The van der Waals surface area contributed by atoms with Gasteiger partial charge in [0.05, 0.1) is 0 Å². The Labute approximate surface area is 93.0 Å². The summed E-state index contributed by atoms with van der Waals surface area (Å²) in [6, 6.07) is 9.97. The molecule has 1 heterocycles. The van der Waals surface area contributed by atoms with E-state index >= 15 is 0 Å². The van der Waals surface area contributed by atoms with Crippen molar-refractivity contribution in [2.75, 3.05) is 0 Å². The van der Waals surface area contributed by atoms with E-state index in [9.17, 15) is 4.79 Å². The van der Waals surface area contributed by atoms with Gasteiger partial charge in [-0.1, -0.05) is 23.8 Å². The Morgan fingerprint density at radius 1 is 1.07 bits per heavy atom. The van der Waals surface area contributed by atoms with Gasteiger partial charge in [0.2, 0.25) is 0 Å². The summed E-state index contributed by atoms with van der Waals surface area (Å²) in [7, 11) is 0. The number of aryl methyl sites for hydroxylation is 2. The third kappa shape index (κ3) is 1.99. The number of pyridine rings is 1. The SMILES string of the molecule is [2H]C([2H])([2H])c1ccc(=O)n(-c2ccc(C)cc2)c1. The Morgan fingerprint density at radius 3 is 2.40 bits per heavy atom. The second kappa shape index (κ2) is 3.73. The molecule has 76 valence electrons. The van der Waals surface area contributed by atoms with E-state index in [1.807, 2.05) is 19.1 Å². The van der Waals surface area contributed by atoms with Crippen LogP contribution < -0.4 is 5.56 Å². The minimum absolute atomic E-state index is 0.155. The minimum atomic E-state index is -2.21. The summed E-state index contributed by atoms with van der Waals surface area (Å²) in [6.07, 6.45) is 1.38. The second-order valence-corrected chi connectivity index (χ2v) is 3.46. The molecule has 0 fully saturated rings. The molecule has 0 radical (unpaired) electrons. The highest BCUT2D eigenvalue weighted by Gasteiger charge is 1.98. The summed E-state index contributed by atoms with van der Waals surface area (Å²) in [5.41, 5.74) is 1.66. The van der Waals surface area contributed by atoms with E-state index in [1.54, 1.807) is 12.1 Å². The van der Waals surface area contributed by atoms with Gasteiger partial charge in [-0.2, -0.15) is 0 Å². The number of rotatable bonds is 1. The van der Waals surface area contributed by atoms with Crippen LogP contribution in [0.4, 0.5) is 0 Å². The molecule has 0 aliphatic carbocycles. The van der Waals surface area contributed by atoms with Crippen molar-refractivity contribution in [3.05, 3.63) is 64.1 Å². The van der Waals surface area contributed by atoms with Crippen molar-refractivity contribution in [1.29, 1.82) is 0 Å². The molecule has 2 aromatic rings. The van der Waals surface area contributed by atoms with Gasteiger partial charge in [-0.3, -0.25) is 9.36 Å². The molecule has 1 aromatic heterocycles. The van der Waals surface area contributed by atoms with Crippen LogP contribution in [0.25, 0.3) is 5.69 Å². The molecule has 0 amide bonds. The van der Waals surface area contributed by atoms with E-state index < -0.39 is 6.85 Å².